The van der Waals surface area contributed by atoms with Crippen molar-refractivity contribution in [2.45, 2.75) is 13.3 Å². The first-order valence-electron chi connectivity index (χ1n) is 5.62. The van der Waals surface area contributed by atoms with E-state index in [1.807, 2.05) is 18.2 Å². The number of benzene rings is 1. The van der Waals surface area contributed by atoms with E-state index in [2.05, 4.69) is 29.7 Å². The molecule has 1 aromatic rings. The second-order valence-electron chi connectivity index (χ2n) is 3.54. The number of hydrazine groups is 1. The largest absolute Gasteiger partial charge is 0.493 e. The molecular weight excluding hydrogens is 250 g/mol. The van der Waals surface area contributed by atoms with Gasteiger partial charge in [0.25, 0.3) is 0 Å². The average Bonchev–Trinajstić information content (AvgIpc) is 2.36. The first-order valence-corrected chi connectivity index (χ1v) is 6.03. The number of hydrogen-bond acceptors (Lipinski definition) is 3. The second kappa shape index (κ2) is 7.50. The Morgan fingerprint density at radius 3 is 2.89 bits per heavy atom. The van der Waals surface area contributed by atoms with Crippen LogP contribution in [-0.2, 0) is 0 Å². The minimum Gasteiger partial charge on any atom is -0.493 e. The van der Waals surface area contributed by atoms with Gasteiger partial charge in [-0.05, 0) is 36.8 Å². The molecule has 0 amide bonds. The van der Waals surface area contributed by atoms with E-state index in [9.17, 15) is 0 Å². The minimum absolute atomic E-state index is 0.182. The Bertz CT molecular complexity index is 435. The summed E-state index contributed by atoms with van der Waals surface area (Å²) in [6.45, 7) is 2.72. The molecule has 0 aromatic heterocycles. The summed E-state index contributed by atoms with van der Waals surface area (Å²) >= 11 is 4.67. The Hall–Kier alpha value is -1.82. The number of nitrogens with one attached hydrogen (secondary N) is 2. The van der Waals surface area contributed by atoms with Crippen molar-refractivity contribution >= 4 is 23.5 Å². The number of hydrazone groups is 1. The van der Waals surface area contributed by atoms with Crippen LogP contribution in [-0.4, -0.2) is 25.0 Å². The van der Waals surface area contributed by atoms with E-state index < -0.39 is 0 Å². The summed E-state index contributed by atoms with van der Waals surface area (Å²) in [5.74, 6) is 1.42. The van der Waals surface area contributed by atoms with Gasteiger partial charge >= 0.3 is 0 Å². The molecule has 0 aliphatic rings. The van der Waals surface area contributed by atoms with E-state index in [1.165, 1.54) is 0 Å². The second-order valence-corrected chi connectivity index (χ2v) is 3.98. The van der Waals surface area contributed by atoms with Crippen molar-refractivity contribution in [3.63, 3.8) is 0 Å². The molecule has 0 heterocycles. The highest BCUT2D eigenvalue weighted by atomic mass is 32.1. The van der Waals surface area contributed by atoms with Gasteiger partial charge < -0.3 is 15.2 Å². The summed E-state index contributed by atoms with van der Waals surface area (Å²) in [6, 6.07) is 5.63. The predicted molar refractivity (Wildman–Crippen MR) is 74.8 cm³/mol. The maximum Gasteiger partial charge on any atom is 0.221 e. The molecule has 0 radical (unpaired) electrons. The number of rotatable bonds is 6. The van der Waals surface area contributed by atoms with Gasteiger partial charge in [0, 0.05) is 5.56 Å². The van der Waals surface area contributed by atoms with E-state index in [1.54, 1.807) is 13.3 Å². The van der Waals surface area contributed by atoms with Crippen molar-refractivity contribution < 1.29 is 14.6 Å². The van der Waals surface area contributed by atoms with E-state index in [4.69, 9.17) is 15.2 Å². The highest BCUT2D eigenvalue weighted by molar-refractivity contribution is 7.80. The SMILES string of the molecule is CCCOc1ccc(C=[NH+]NC(N)=S)cc1OC. The topological polar surface area (TPSA) is 70.5 Å². The summed E-state index contributed by atoms with van der Waals surface area (Å²) in [5, 5.41) is 2.96. The molecule has 0 aliphatic heterocycles. The molecule has 4 N–H and O–H groups in total. The molecule has 0 bridgehead atoms. The normalized spacial score (nSPS) is 10.3. The van der Waals surface area contributed by atoms with Gasteiger partial charge in [0.05, 0.1) is 13.7 Å². The molecule has 1 aromatic carbocycles. The summed E-state index contributed by atoms with van der Waals surface area (Å²) < 4.78 is 10.8. The summed E-state index contributed by atoms with van der Waals surface area (Å²) in [5.41, 5.74) is 8.81. The van der Waals surface area contributed by atoms with Gasteiger partial charge in [-0.25, -0.2) is 0 Å². The van der Waals surface area contributed by atoms with Gasteiger partial charge in [-0.1, -0.05) is 6.92 Å². The van der Waals surface area contributed by atoms with Crippen molar-refractivity contribution in [1.29, 1.82) is 0 Å². The Morgan fingerprint density at radius 1 is 1.50 bits per heavy atom. The van der Waals surface area contributed by atoms with Gasteiger partial charge in [-0.15, -0.1) is 10.5 Å². The summed E-state index contributed by atoms with van der Waals surface area (Å²) in [6.07, 6.45) is 2.68. The predicted octanol–water partition coefficient (Wildman–Crippen LogP) is -0.268. The molecule has 0 spiro atoms. The molecule has 0 aliphatic carbocycles. The Labute approximate surface area is 112 Å². The lowest BCUT2D eigenvalue weighted by Gasteiger charge is -2.09. The number of nitrogens with two attached hydrogens (primary N) is 1. The van der Waals surface area contributed by atoms with E-state index in [0.717, 1.165) is 17.7 Å². The molecule has 0 unspecified atom stereocenters. The first kappa shape index (κ1) is 14.2. The third kappa shape index (κ3) is 4.58. The van der Waals surface area contributed by atoms with Crippen LogP contribution in [0.4, 0.5) is 0 Å². The zero-order valence-corrected chi connectivity index (χ0v) is 11.3. The molecular formula is C12H18N3O2S+. The summed E-state index contributed by atoms with van der Waals surface area (Å²) in [4.78, 5) is 0. The average molecular weight is 268 g/mol. The van der Waals surface area contributed by atoms with Crippen LogP contribution in [0.15, 0.2) is 18.2 Å². The number of methoxy groups -OCH3 is 1. The van der Waals surface area contributed by atoms with Crippen LogP contribution in [0, 0.1) is 0 Å². The van der Waals surface area contributed by atoms with Gasteiger partial charge in [0.2, 0.25) is 5.11 Å². The smallest absolute Gasteiger partial charge is 0.221 e. The highest BCUT2D eigenvalue weighted by Crippen LogP contribution is 2.27. The van der Waals surface area contributed by atoms with Gasteiger partial charge in [0.1, 0.15) is 0 Å². The maximum atomic E-state index is 5.56. The third-order valence-electron chi connectivity index (χ3n) is 2.08. The zero-order chi connectivity index (χ0) is 13.4. The molecule has 18 heavy (non-hydrogen) atoms. The molecule has 0 fully saturated rings. The Balaban J connectivity index is 2.77. The van der Waals surface area contributed by atoms with Crippen molar-refractivity contribution in [2.24, 2.45) is 5.73 Å². The molecule has 1 rings (SSSR count). The monoisotopic (exact) mass is 268 g/mol. The lowest BCUT2D eigenvalue weighted by atomic mass is 10.2. The van der Waals surface area contributed by atoms with Crippen LogP contribution in [0.2, 0.25) is 0 Å². The highest BCUT2D eigenvalue weighted by Gasteiger charge is 2.05. The van der Waals surface area contributed by atoms with Crippen molar-refractivity contribution in [1.82, 2.24) is 5.43 Å². The van der Waals surface area contributed by atoms with Gasteiger partial charge in [0.15, 0.2) is 17.7 Å². The minimum atomic E-state index is 0.182. The number of ether oxygens (including phenoxy) is 2. The van der Waals surface area contributed by atoms with Gasteiger partial charge in [-0.2, -0.15) is 0 Å². The maximum absolute atomic E-state index is 5.56. The fourth-order valence-corrected chi connectivity index (χ4v) is 1.35. The van der Waals surface area contributed by atoms with Crippen LogP contribution in [0.25, 0.3) is 0 Å². The standard InChI is InChI=1S/C12H17N3O2S/c1-3-6-17-10-5-4-9(7-11(10)16-2)8-14-15-12(13)18/h4-5,7-8H,3,6H2,1-2H3,(H3,13,15,18)/p+1. The van der Waals surface area contributed by atoms with Crippen molar-refractivity contribution in [2.75, 3.05) is 13.7 Å². The van der Waals surface area contributed by atoms with Crippen molar-refractivity contribution in [3.8, 4) is 11.5 Å². The van der Waals surface area contributed by atoms with E-state index in [0.29, 0.717) is 12.4 Å². The lowest BCUT2D eigenvalue weighted by Crippen LogP contribution is -2.82. The quantitative estimate of drug-likeness (QED) is 0.376. The molecule has 0 atom stereocenters. The van der Waals surface area contributed by atoms with E-state index in [-0.39, 0.29) is 5.11 Å². The molecule has 5 nitrogen and oxygen atoms in total. The van der Waals surface area contributed by atoms with Crippen LogP contribution in [0.1, 0.15) is 18.9 Å². The fraction of sp³-hybridized carbons (Fsp3) is 0.333. The van der Waals surface area contributed by atoms with E-state index >= 15 is 0 Å². The Morgan fingerprint density at radius 2 is 2.28 bits per heavy atom. The molecule has 0 saturated heterocycles. The van der Waals surface area contributed by atoms with Crippen LogP contribution < -0.4 is 25.7 Å². The van der Waals surface area contributed by atoms with Crippen LogP contribution >= 0.6 is 12.2 Å². The number of thiocarbonyl (C=S) groups is 1. The lowest BCUT2D eigenvalue weighted by molar-refractivity contribution is -0.499. The Kier molecular flexibility index (Phi) is 5.93. The molecule has 6 heteroatoms. The van der Waals surface area contributed by atoms with Crippen molar-refractivity contribution in [3.05, 3.63) is 23.8 Å². The van der Waals surface area contributed by atoms with Gasteiger partial charge in [-0.3, -0.25) is 0 Å². The summed E-state index contributed by atoms with van der Waals surface area (Å²) in [7, 11) is 1.61. The first-order chi connectivity index (χ1) is 8.67. The zero-order valence-electron chi connectivity index (χ0n) is 10.5. The molecule has 98 valence electrons. The van der Waals surface area contributed by atoms with Crippen LogP contribution in [0.3, 0.4) is 0 Å². The molecule has 0 saturated carbocycles. The van der Waals surface area contributed by atoms with Crippen LogP contribution in [0.5, 0.6) is 11.5 Å². The third-order valence-corrected chi connectivity index (χ3v) is 2.19. The number of hydrogen-bond donors (Lipinski definition) is 3. The fourth-order valence-electron chi connectivity index (χ4n) is 1.30.